The van der Waals surface area contributed by atoms with Gasteiger partial charge in [0.15, 0.2) is 0 Å². The number of carbonyl (C=O) groups is 2. The fourth-order valence-corrected chi connectivity index (χ4v) is 12.8. The predicted molar refractivity (Wildman–Crippen MR) is 209 cm³/mol. The van der Waals surface area contributed by atoms with Crippen molar-refractivity contribution in [2.24, 2.45) is 33.6 Å². The predicted octanol–water partition coefficient (Wildman–Crippen LogP) is 5.24. The van der Waals surface area contributed by atoms with Crippen molar-refractivity contribution in [2.45, 2.75) is 76.0 Å². The van der Waals surface area contributed by atoms with Gasteiger partial charge in [0.05, 0.1) is 39.3 Å². The Morgan fingerprint density at radius 1 is 1.09 bits per heavy atom. The first-order valence-corrected chi connectivity index (χ1v) is 20.1. The number of nitrogens with zero attached hydrogens (tertiary/aromatic N) is 3. The summed E-state index contributed by atoms with van der Waals surface area (Å²) in [6.07, 6.45) is 5.99. The van der Waals surface area contributed by atoms with E-state index in [1.165, 1.54) is 14.2 Å². The van der Waals surface area contributed by atoms with Crippen LogP contribution in [0.5, 0.6) is 5.75 Å². The summed E-state index contributed by atoms with van der Waals surface area (Å²) in [6.45, 7) is 6.00. The molecule has 4 saturated heterocycles. The zero-order valence-corrected chi connectivity index (χ0v) is 32.9. The second-order valence-corrected chi connectivity index (χ2v) is 17.1. The number of fused-ring (bicyclic) bond motifs is 9. The molecule has 3 N–H and O–H groups in total. The molecule has 3 aromatic rings. The number of benzene rings is 2. The van der Waals surface area contributed by atoms with Crippen LogP contribution in [0.3, 0.4) is 0 Å². The molecule has 5 fully saturated rings. The highest BCUT2D eigenvalue weighted by Gasteiger charge is 2.69. The quantitative estimate of drug-likeness (QED) is 0.228. The van der Waals surface area contributed by atoms with Gasteiger partial charge in [0, 0.05) is 71.3 Å². The van der Waals surface area contributed by atoms with Crippen LogP contribution in [0.1, 0.15) is 74.3 Å². The average molecular weight is 751 g/mol. The van der Waals surface area contributed by atoms with Gasteiger partial charge in [0.2, 0.25) is 0 Å². The number of ether oxygens (including phenoxy) is 3. The Morgan fingerprint density at radius 2 is 1.87 bits per heavy atom. The van der Waals surface area contributed by atoms with Gasteiger partial charge in [-0.2, -0.15) is 0 Å². The second kappa shape index (κ2) is 13.0. The number of aromatic amines is 1. The largest absolute Gasteiger partial charge is 0.496 e. The Bertz CT molecular complexity index is 2140. The van der Waals surface area contributed by atoms with Crippen LogP contribution >= 0.6 is 0 Å². The molecular formula is C44H54N4O7. The van der Waals surface area contributed by atoms with Crippen LogP contribution in [0.25, 0.3) is 10.9 Å². The third-order valence-electron chi connectivity index (χ3n) is 15.0. The molecule has 10 rings (SSSR count). The van der Waals surface area contributed by atoms with E-state index in [1.54, 1.807) is 7.11 Å². The van der Waals surface area contributed by atoms with Gasteiger partial charge in [-0.25, -0.2) is 0 Å². The monoisotopic (exact) mass is 750 g/mol. The molecule has 0 spiro atoms. The summed E-state index contributed by atoms with van der Waals surface area (Å²) in [5.74, 6) is -0.369. The fraction of sp³-hybridized carbons (Fsp3) is 0.568. The highest BCUT2D eigenvalue weighted by Crippen LogP contribution is 2.63. The number of rotatable bonds is 6. The van der Waals surface area contributed by atoms with Crippen molar-refractivity contribution in [1.29, 1.82) is 0 Å². The standard InChI is InChI=1S/C44H54N4O7/c1-7-25-17-24-20-42(40(50)54-5)38(25)48(21-24)16-15-44(52)30-13-14-33(53-4)35(37(30)46-39(42)44)29-18-31-26(8-2)22-47(3)34(43(31,23-49)41(51)55-6)19-28-27-11-9-10-12-32(27)45-36(28)29/h8-14,24-25,29,31,34,38,45,49,52H,7,15-23H2,1-6H3/b26-8-/t24-,25-,29-,31+,34-,38-,42-,43-,44+/m0/s1. The first-order valence-electron chi connectivity index (χ1n) is 20.1. The lowest BCUT2D eigenvalue weighted by Gasteiger charge is -2.58. The lowest BCUT2D eigenvalue weighted by atomic mass is 9.54. The van der Waals surface area contributed by atoms with Crippen LogP contribution in [0.2, 0.25) is 0 Å². The van der Waals surface area contributed by atoms with Crippen LogP contribution in [0, 0.1) is 28.6 Å². The number of hydrogen-bond donors (Lipinski definition) is 3. The third-order valence-corrected chi connectivity index (χ3v) is 15.0. The van der Waals surface area contributed by atoms with Crippen LogP contribution in [0.4, 0.5) is 5.69 Å². The van der Waals surface area contributed by atoms with E-state index in [0.29, 0.717) is 61.5 Å². The van der Waals surface area contributed by atoms with E-state index in [-0.39, 0.29) is 36.5 Å². The van der Waals surface area contributed by atoms with Gasteiger partial charge in [0.1, 0.15) is 22.2 Å². The van der Waals surface area contributed by atoms with Crippen molar-refractivity contribution < 1.29 is 34.0 Å². The normalized spacial score (nSPS) is 36.9. The molecular weight excluding hydrogens is 697 g/mol. The number of likely N-dealkylation sites (N-methyl/N-ethyl adjacent to an activating group) is 1. The number of carbonyl (C=O) groups excluding carboxylic acids is 2. The van der Waals surface area contributed by atoms with E-state index < -0.39 is 34.2 Å². The van der Waals surface area contributed by atoms with Crippen molar-refractivity contribution in [2.75, 3.05) is 54.6 Å². The van der Waals surface area contributed by atoms with E-state index in [9.17, 15) is 19.8 Å². The first kappa shape index (κ1) is 36.6. The highest BCUT2D eigenvalue weighted by atomic mass is 16.5. The maximum absolute atomic E-state index is 14.5. The number of para-hydroxylation sites is 1. The van der Waals surface area contributed by atoms with Gasteiger partial charge < -0.3 is 29.4 Å². The number of H-pyrrole nitrogens is 1. The number of allylic oxidation sites excluding steroid dienone is 1. The molecule has 6 bridgehead atoms. The van der Waals surface area contributed by atoms with E-state index in [2.05, 4.69) is 39.9 Å². The second-order valence-electron chi connectivity index (χ2n) is 17.1. The topological polar surface area (TPSA) is 137 Å². The van der Waals surface area contributed by atoms with E-state index in [4.69, 9.17) is 19.2 Å². The number of methoxy groups -OCH3 is 3. The van der Waals surface area contributed by atoms with Gasteiger partial charge >= 0.3 is 11.9 Å². The zero-order valence-electron chi connectivity index (χ0n) is 32.9. The Morgan fingerprint density at radius 3 is 2.58 bits per heavy atom. The number of aromatic nitrogens is 1. The van der Waals surface area contributed by atoms with Crippen molar-refractivity contribution in [3.8, 4) is 5.75 Å². The summed E-state index contributed by atoms with van der Waals surface area (Å²) < 4.78 is 17.6. The fourth-order valence-electron chi connectivity index (χ4n) is 12.8. The molecule has 2 aromatic carbocycles. The van der Waals surface area contributed by atoms with Gasteiger partial charge in [-0.05, 0) is 81.7 Å². The van der Waals surface area contributed by atoms with E-state index in [1.807, 2.05) is 38.2 Å². The van der Waals surface area contributed by atoms with Gasteiger partial charge in [-0.15, -0.1) is 0 Å². The minimum atomic E-state index is -1.50. The molecule has 10 atom stereocenters. The molecule has 0 amide bonds. The summed E-state index contributed by atoms with van der Waals surface area (Å²) in [5.41, 5.74) is 2.84. The Hall–Kier alpha value is -4.03. The maximum atomic E-state index is 14.5. The molecule has 292 valence electrons. The minimum Gasteiger partial charge on any atom is -0.496 e. The lowest BCUT2D eigenvalue weighted by molar-refractivity contribution is -0.169. The average Bonchev–Trinajstić information content (AvgIpc) is 3.70. The minimum absolute atomic E-state index is 0.122. The molecule has 1 aromatic heterocycles. The van der Waals surface area contributed by atoms with E-state index >= 15 is 0 Å². The smallest absolute Gasteiger partial charge is 0.319 e. The first-order chi connectivity index (χ1) is 26.6. The number of nitrogens with one attached hydrogen (secondary N) is 1. The van der Waals surface area contributed by atoms with Crippen LogP contribution < -0.4 is 4.74 Å². The van der Waals surface area contributed by atoms with Crippen molar-refractivity contribution in [3.63, 3.8) is 0 Å². The van der Waals surface area contributed by atoms with Gasteiger partial charge in [0.25, 0.3) is 0 Å². The number of aliphatic imine (C=N–C) groups is 1. The van der Waals surface area contributed by atoms with Crippen LogP contribution in [-0.2, 0) is 31.1 Å². The summed E-state index contributed by atoms with van der Waals surface area (Å²) in [7, 11) is 6.55. The van der Waals surface area contributed by atoms with Crippen molar-refractivity contribution in [1.82, 2.24) is 14.8 Å². The summed E-state index contributed by atoms with van der Waals surface area (Å²) >= 11 is 0. The molecule has 1 unspecified atom stereocenters. The lowest BCUT2D eigenvalue weighted by Crippen LogP contribution is -2.68. The zero-order chi connectivity index (χ0) is 38.6. The summed E-state index contributed by atoms with van der Waals surface area (Å²) in [5, 5.41) is 25.8. The molecule has 6 heterocycles. The number of esters is 2. The Labute approximate surface area is 322 Å². The third kappa shape index (κ3) is 4.73. The summed E-state index contributed by atoms with van der Waals surface area (Å²) in [4.78, 5) is 42.7. The van der Waals surface area contributed by atoms with E-state index in [0.717, 1.165) is 52.7 Å². The molecule has 0 radical (unpaired) electrons. The molecule has 5 aliphatic heterocycles. The van der Waals surface area contributed by atoms with Crippen molar-refractivity contribution in [3.05, 3.63) is 70.4 Å². The number of aliphatic hydroxyl groups is 2. The van der Waals surface area contributed by atoms with Crippen molar-refractivity contribution >= 4 is 34.2 Å². The number of aliphatic hydroxyl groups excluding tert-OH is 1. The molecule has 11 nitrogen and oxygen atoms in total. The number of hydrogen-bond acceptors (Lipinski definition) is 10. The molecule has 2 aliphatic carbocycles. The maximum Gasteiger partial charge on any atom is 0.319 e. The van der Waals surface area contributed by atoms with Crippen LogP contribution in [-0.4, -0.2) is 109 Å². The van der Waals surface area contributed by atoms with Gasteiger partial charge in [-0.1, -0.05) is 43.2 Å². The highest BCUT2D eigenvalue weighted by molar-refractivity contribution is 6.16. The molecule has 7 aliphatic rings. The summed E-state index contributed by atoms with van der Waals surface area (Å²) in [6, 6.07) is 11.6. The SMILES string of the molecule is C/C=C1/CN(C)[C@H]2Cc3c([nH]c4ccccc34)[C@H](c3c(OC)ccc4c3N=C3[C@]5(C(=O)OC)C[C@@H]6C[C@H](CC)[C@@H]5N(CC[C@]34O)C6)C[C@H]1[C@]2(CO)C(=O)OC. The van der Waals surface area contributed by atoms with Gasteiger partial charge in [-0.3, -0.25) is 24.4 Å². The Kier molecular flexibility index (Phi) is 8.66. The Balaban J connectivity index is 1.33. The molecule has 1 saturated carbocycles. The number of likely N-dealkylation sites (tertiary alicyclic amines) is 1. The van der Waals surface area contributed by atoms with Crippen LogP contribution in [0.15, 0.2) is 53.0 Å². The number of piperidine rings is 3. The molecule has 55 heavy (non-hydrogen) atoms. The molecule has 11 heteroatoms.